The third-order valence-electron chi connectivity index (χ3n) is 4.80. The SMILES string of the molecule is Cc1ccc(S(=O)(=O)N(CC(=O)NC[C@@H]2CCCO2)Cc2ccc(F)cc2)cc1. The van der Waals surface area contributed by atoms with Crippen LogP contribution in [0.1, 0.15) is 24.0 Å². The van der Waals surface area contributed by atoms with E-state index in [4.69, 9.17) is 4.74 Å². The van der Waals surface area contributed by atoms with Crippen molar-refractivity contribution in [3.05, 3.63) is 65.5 Å². The Morgan fingerprint density at radius 3 is 2.48 bits per heavy atom. The number of hydrogen-bond acceptors (Lipinski definition) is 4. The van der Waals surface area contributed by atoms with Gasteiger partial charge >= 0.3 is 0 Å². The lowest BCUT2D eigenvalue weighted by atomic mass is 10.2. The second-order valence-electron chi connectivity index (χ2n) is 7.15. The number of amides is 1. The molecule has 1 heterocycles. The number of benzene rings is 2. The first-order valence-electron chi connectivity index (χ1n) is 9.54. The van der Waals surface area contributed by atoms with E-state index >= 15 is 0 Å². The van der Waals surface area contributed by atoms with E-state index in [1.54, 1.807) is 12.1 Å². The number of carbonyl (C=O) groups excluding carboxylic acids is 1. The summed E-state index contributed by atoms with van der Waals surface area (Å²) in [4.78, 5) is 12.6. The molecule has 29 heavy (non-hydrogen) atoms. The van der Waals surface area contributed by atoms with Gasteiger partial charge in [-0.05, 0) is 49.6 Å². The molecule has 8 heteroatoms. The molecule has 0 saturated carbocycles. The van der Waals surface area contributed by atoms with Gasteiger partial charge in [0.1, 0.15) is 5.82 Å². The lowest BCUT2D eigenvalue weighted by molar-refractivity contribution is -0.121. The minimum atomic E-state index is -3.91. The Balaban J connectivity index is 1.77. The van der Waals surface area contributed by atoms with E-state index in [0.29, 0.717) is 18.7 Å². The van der Waals surface area contributed by atoms with Crippen LogP contribution in [-0.4, -0.2) is 44.4 Å². The van der Waals surface area contributed by atoms with Crippen molar-refractivity contribution in [1.29, 1.82) is 0 Å². The van der Waals surface area contributed by atoms with Crippen molar-refractivity contribution in [2.24, 2.45) is 0 Å². The molecule has 1 saturated heterocycles. The molecule has 6 nitrogen and oxygen atoms in total. The van der Waals surface area contributed by atoms with Gasteiger partial charge in [-0.1, -0.05) is 29.8 Å². The molecule has 1 aliphatic rings. The van der Waals surface area contributed by atoms with Gasteiger partial charge in [0, 0.05) is 19.7 Å². The first kappa shape index (κ1) is 21.4. The second-order valence-corrected chi connectivity index (χ2v) is 9.09. The molecule has 2 aromatic carbocycles. The third kappa shape index (κ3) is 5.85. The fourth-order valence-corrected chi connectivity index (χ4v) is 4.51. The average Bonchev–Trinajstić information content (AvgIpc) is 3.21. The molecule has 0 spiro atoms. The molecule has 0 radical (unpaired) electrons. The van der Waals surface area contributed by atoms with E-state index in [-0.39, 0.29) is 24.1 Å². The Labute approximate surface area is 170 Å². The number of ether oxygens (including phenoxy) is 1. The largest absolute Gasteiger partial charge is 0.376 e. The monoisotopic (exact) mass is 420 g/mol. The zero-order valence-corrected chi connectivity index (χ0v) is 17.1. The molecule has 0 unspecified atom stereocenters. The standard InChI is InChI=1S/C21H25FN2O4S/c1-16-4-10-20(11-5-16)29(26,27)24(14-17-6-8-18(22)9-7-17)15-21(25)23-13-19-3-2-12-28-19/h4-11,19H,2-3,12-15H2,1H3,(H,23,25)/t19-/m0/s1. The first-order chi connectivity index (χ1) is 13.8. The molecule has 2 aromatic rings. The van der Waals surface area contributed by atoms with Crippen molar-refractivity contribution in [2.45, 2.75) is 37.3 Å². The predicted octanol–water partition coefficient (Wildman–Crippen LogP) is 2.62. The van der Waals surface area contributed by atoms with Crippen LogP contribution in [0.5, 0.6) is 0 Å². The lowest BCUT2D eigenvalue weighted by Crippen LogP contribution is -2.42. The van der Waals surface area contributed by atoms with Crippen LogP contribution >= 0.6 is 0 Å². The number of rotatable bonds is 8. The quantitative estimate of drug-likeness (QED) is 0.712. The summed E-state index contributed by atoms with van der Waals surface area (Å²) in [6.45, 7) is 2.53. The maximum atomic E-state index is 13.2. The van der Waals surface area contributed by atoms with Gasteiger partial charge < -0.3 is 10.1 Å². The summed E-state index contributed by atoms with van der Waals surface area (Å²) in [7, 11) is -3.91. The number of halogens is 1. The smallest absolute Gasteiger partial charge is 0.243 e. The van der Waals surface area contributed by atoms with Crippen LogP contribution in [0.15, 0.2) is 53.4 Å². The van der Waals surface area contributed by atoms with Gasteiger partial charge in [0.15, 0.2) is 0 Å². The number of sulfonamides is 1. The summed E-state index contributed by atoms with van der Waals surface area (Å²) in [6.07, 6.45) is 1.80. The fourth-order valence-electron chi connectivity index (χ4n) is 3.13. The normalized spacial score (nSPS) is 16.9. The van der Waals surface area contributed by atoms with E-state index in [0.717, 1.165) is 22.7 Å². The van der Waals surface area contributed by atoms with Crippen molar-refractivity contribution < 1.29 is 22.3 Å². The van der Waals surface area contributed by atoms with Crippen molar-refractivity contribution in [1.82, 2.24) is 9.62 Å². The molecular weight excluding hydrogens is 395 g/mol. The highest BCUT2D eigenvalue weighted by atomic mass is 32.2. The van der Waals surface area contributed by atoms with Gasteiger partial charge in [-0.25, -0.2) is 12.8 Å². The number of hydrogen-bond donors (Lipinski definition) is 1. The number of nitrogens with one attached hydrogen (secondary N) is 1. The van der Waals surface area contributed by atoms with Gasteiger partial charge in [0.25, 0.3) is 0 Å². The average molecular weight is 421 g/mol. The van der Waals surface area contributed by atoms with E-state index < -0.39 is 21.7 Å². The van der Waals surface area contributed by atoms with Crippen LogP contribution in [0.25, 0.3) is 0 Å². The molecule has 1 atom stereocenters. The summed E-state index contributed by atoms with van der Waals surface area (Å²) < 4.78 is 46.1. The second kappa shape index (κ2) is 9.47. The third-order valence-corrected chi connectivity index (χ3v) is 6.61. The summed E-state index contributed by atoms with van der Waals surface area (Å²) in [6, 6.07) is 12.0. The van der Waals surface area contributed by atoms with Crippen molar-refractivity contribution in [2.75, 3.05) is 19.7 Å². The Bertz CT molecular complexity index is 924. The summed E-state index contributed by atoms with van der Waals surface area (Å²) >= 11 is 0. The zero-order valence-electron chi connectivity index (χ0n) is 16.3. The van der Waals surface area contributed by atoms with E-state index in [1.807, 2.05) is 6.92 Å². The van der Waals surface area contributed by atoms with Crippen molar-refractivity contribution in [3.8, 4) is 0 Å². The first-order valence-corrected chi connectivity index (χ1v) is 11.0. The van der Waals surface area contributed by atoms with E-state index in [1.165, 1.54) is 36.4 Å². The molecular formula is C21H25FN2O4S. The van der Waals surface area contributed by atoms with Gasteiger partial charge in [0.05, 0.1) is 17.5 Å². The van der Waals surface area contributed by atoms with Crippen LogP contribution in [0.3, 0.4) is 0 Å². The highest BCUT2D eigenvalue weighted by Gasteiger charge is 2.27. The minimum Gasteiger partial charge on any atom is -0.376 e. The molecule has 156 valence electrons. The van der Waals surface area contributed by atoms with Crippen LogP contribution in [-0.2, 0) is 26.1 Å². The van der Waals surface area contributed by atoms with Crippen molar-refractivity contribution in [3.63, 3.8) is 0 Å². The molecule has 1 N–H and O–H groups in total. The van der Waals surface area contributed by atoms with E-state index in [9.17, 15) is 17.6 Å². The topological polar surface area (TPSA) is 75.7 Å². The summed E-state index contributed by atoms with van der Waals surface area (Å²) in [5.74, 6) is -0.811. The van der Waals surface area contributed by atoms with Gasteiger partial charge in [-0.15, -0.1) is 0 Å². The predicted molar refractivity (Wildman–Crippen MR) is 107 cm³/mol. The molecule has 0 aromatic heterocycles. The Kier molecular flexibility index (Phi) is 7.00. The molecule has 1 aliphatic heterocycles. The van der Waals surface area contributed by atoms with E-state index in [2.05, 4.69) is 5.32 Å². The molecule has 1 fully saturated rings. The van der Waals surface area contributed by atoms with Crippen LogP contribution < -0.4 is 5.32 Å². The highest BCUT2D eigenvalue weighted by molar-refractivity contribution is 7.89. The zero-order chi connectivity index (χ0) is 20.9. The van der Waals surface area contributed by atoms with Gasteiger partial charge in [0.2, 0.25) is 15.9 Å². The Hall–Kier alpha value is -2.29. The maximum Gasteiger partial charge on any atom is 0.243 e. The number of aryl methyl sites for hydroxylation is 1. The summed E-state index contributed by atoms with van der Waals surface area (Å²) in [5.41, 5.74) is 1.53. The summed E-state index contributed by atoms with van der Waals surface area (Å²) in [5, 5.41) is 2.75. The number of nitrogens with zero attached hydrogens (tertiary/aromatic N) is 1. The molecule has 0 bridgehead atoms. The van der Waals surface area contributed by atoms with Gasteiger partial charge in [-0.3, -0.25) is 4.79 Å². The molecule has 0 aliphatic carbocycles. The molecule has 1 amide bonds. The Morgan fingerprint density at radius 1 is 1.17 bits per heavy atom. The molecule has 3 rings (SSSR count). The van der Waals surface area contributed by atoms with Crippen LogP contribution in [0, 0.1) is 12.7 Å². The maximum absolute atomic E-state index is 13.2. The number of carbonyl (C=O) groups is 1. The Morgan fingerprint density at radius 2 is 1.86 bits per heavy atom. The van der Waals surface area contributed by atoms with Crippen LogP contribution in [0.4, 0.5) is 4.39 Å². The van der Waals surface area contributed by atoms with Crippen LogP contribution in [0.2, 0.25) is 0 Å². The lowest BCUT2D eigenvalue weighted by Gasteiger charge is -2.22. The highest BCUT2D eigenvalue weighted by Crippen LogP contribution is 2.19. The minimum absolute atomic E-state index is 0.0294. The van der Waals surface area contributed by atoms with Gasteiger partial charge in [-0.2, -0.15) is 4.31 Å². The fraction of sp³-hybridized carbons (Fsp3) is 0.381. The van der Waals surface area contributed by atoms with Crippen molar-refractivity contribution >= 4 is 15.9 Å².